The number of benzene rings is 1. The molecule has 0 unspecified atom stereocenters. The molecule has 1 heterocycles. The second kappa shape index (κ2) is 3.37. The molecule has 3 N–H and O–H groups in total. The first-order chi connectivity index (χ1) is 5.27. The van der Waals surface area contributed by atoms with E-state index in [0.717, 1.165) is 21.1 Å². The maximum absolute atomic E-state index is 5.62. The quantitative estimate of drug-likeness (QED) is 0.691. The average Bonchev–Trinajstić information content (AvgIpc) is 2.33. The van der Waals surface area contributed by atoms with Crippen LogP contribution < -0.4 is 5.73 Å². The summed E-state index contributed by atoms with van der Waals surface area (Å²) >= 11 is 3.41. The summed E-state index contributed by atoms with van der Waals surface area (Å²) in [5, 5.41) is 1.13. The molecule has 2 rings (SSSR count). The van der Waals surface area contributed by atoms with Crippen LogP contribution in [0.25, 0.3) is 10.9 Å². The summed E-state index contributed by atoms with van der Waals surface area (Å²) in [7, 11) is 0. The highest BCUT2D eigenvalue weighted by atomic mass is 79.9. The third-order valence-corrected chi connectivity index (χ3v) is 2.31. The van der Waals surface area contributed by atoms with E-state index >= 15 is 0 Å². The molecule has 0 saturated heterocycles. The Balaban J connectivity index is 0.000000720. The van der Waals surface area contributed by atoms with E-state index in [-0.39, 0.29) is 12.4 Å². The number of hydrogen-bond donors (Lipinski definition) is 2. The fraction of sp³-hybridized carbons (Fsp3) is 0. The number of halogens is 2. The van der Waals surface area contributed by atoms with Crippen molar-refractivity contribution in [3.05, 3.63) is 28.9 Å². The van der Waals surface area contributed by atoms with Crippen molar-refractivity contribution >= 4 is 44.9 Å². The lowest BCUT2D eigenvalue weighted by molar-refractivity contribution is 1.47. The monoisotopic (exact) mass is 246 g/mol. The lowest BCUT2D eigenvalue weighted by Gasteiger charge is -1.92. The maximum Gasteiger partial charge on any atom is 0.0467 e. The first-order valence-corrected chi connectivity index (χ1v) is 4.09. The molecule has 2 nitrogen and oxygen atoms in total. The Morgan fingerprint density at radius 2 is 2.08 bits per heavy atom. The van der Waals surface area contributed by atoms with Gasteiger partial charge in [-0.05, 0) is 34.1 Å². The van der Waals surface area contributed by atoms with E-state index in [1.165, 1.54) is 0 Å². The molecule has 4 heteroatoms. The van der Waals surface area contributed by atoms with E-state index in [0.29, 0.717) is 0 Å². The van der Waals surface area contributed by atoms with Crippen molar-refractivity contribution in [1.82, 2.24) is 4.98 Å². The average molecular weight is 248 g/mol. The summed E-state index contributed by atoms with van der Waals surface area (Å²) in [5.74, 6) is 0. The molecule has 64 valence electrons. The van der Waals surface area contributed by atoms with Crippen LogP contribution in [0.15, 0.2) is 28.9 Å². The molecule has 0 amide bonds. The molecule has 0 aliphatic rings. The van der Waals surface area contributed by atoms with Crippen LogP contribution in [0.3, 0.4) is 0 Å². The molecule has 0 saturated carbocycles. The van der Waals surface area contributed by atoms with Crippen LogP contribution in [-0.2, 0) is 0 Å². The minimum absolute atomic E-state index is 0. The summed E-state index contributed by atoms with van der Waals surface area (Å²) in [4.78, 5) is 3.11. The van der Waals surface area contributed by atoms with Crippen molar-refractivity contribution in [2.24, 2.45) is 0 Å². The molecule has 0 spiro atoms. The molecule has 1 aromatic carbocycles. The Morgan fingerprint density at radius 1 is 1.33 bits per heavy atom. The number of aromatic nitrogens is 1. The van der Waals surface area contributed by atoms with E-state index in [1.807, 2.05) is 24.4 Å². The maximum atomic E-state index is 5.62. The number of nitrogens with one attached hydrogen (secondary N) is 1. The van der Waals surface area contributed by atoms with Gasteiger partial charge in [0.15, 0.2) is 0 Å². The van der Waals surface area contributed by atoms with Crippen molar-refractivity contribution in [2.75, 3.05) is 5.73 Å². The number of rotatable bonds is 0. The van der Waals surface area contributed by atoms with Gasteiger partial charge in [0.05, 0.1) is 0 Å². The van der Waals surface area contributed by atoms with Gasteiger partial charge < -0.3 is 10.7 Å². The van der Waals surface area contributed by atoms with E-state index in [2.05, 4.69) is 20.9 Å². The van der Waals surface area contributed by atoms with Gasteiger partial charge in [-0.3, -0.25) is 0 Å². The van der Waals surface area contributed by atoms with Crippen molar-refractivity contribution < 1.29 is 0 Å². The third-order valence-electron chi connectivity index (χ3n) is 1.66. The molecule has 0 atom stereocenters. The fourth-order valence-electron chi connectivity index (χ4n) is 1.10. The molecular weight excluding hydrogens is 239 g/mol. The molecular formula is C8H8BrClN2. The lowest BCUT2D eigenvalue weighted by atomic mass is 10.2. The summed E-state index contributed by atoms with van der Waals surface area (Å²) in [6, 6.07) is 5.79. The first-order valence-electron chi connectivity index (χ1n) is 3.29. The molecule has 12 heavy (non-hydrogen) atoms. The van der Waals surface area contributed by atoms with E-state index < -0.39 is 0 Å². The van der Waals surface area contributed by atoms with Gasteiger partial charge in [-0.25, -0.2) is 0 Å². The topological polar surface area (TPSA) is 41.8 Å². The van der Waals surface area contributed by atoms with Crippen LogP contribution in [-0.4, -0.2) is 4.98 Å². The number of hydrogen-bond acceptors (Lipinski definition) is 1. The molecule has 0 aliphatic carbocycles. The molecule has 0 radical (unpaired) electrons. The standard InChI is InChI=1S/C8H7BrN2.ClH/c9-7-4-11-8-2-1-5(10)3-6(7)8;/h1-4,11H,10H2;1H. The van der Waals surface area contributed by atoms with Gasteiger partial charge in [0.2, 0.25) is 0 Å². The lowest BCUT2D eigenvalue weighted by Crippen LogP contribution is -1.81. The van der Waals surface area contributed by atoms with Crippen LogP contribution in [0.1, 0.15) is 0 Å². The van der Waals surface area contributed by atoms with Crippen LogP contribution in [0.2, 0.25) is 0 Å². The van der Waals surface area contributed by atoms with Crippen LogP contribution in [0.5, 0.6) is 0 Å². The Kier molecular flexibility index (Phi) is 2.65. The number of aromatic amines is 1. The minimum Gasteiger partial charge on any atom is -0.399 e. The minimum atomic E-state index is 0. The normalized spacial score (nSPS) is 9.75. The third kappa shape index (κ3) is 1.42. The van der Waals surface area contributed by atoms with Crippen LogP contribution in [0, 0.1) is 0 Å². The van der Waals surface area contributed by atoms with Gasteiger partial charge in [0.1, 0.15) is 0 Å². The molecule has 1 aromatic heterocycles. The first kappa shape index (κ1) is 9.42. The predicted octanol–water partition coefficient (Wildman–Crippen LogP) is 2.93. The Labute approximate surface area is 84.7 Å². The number of nitrogens with two attached hydrogens (primary N) is 1. The summed E-state index contributed by atoms with van der Waals surface area (Å²) < 4.78 is 1.06. The van der Waals surface area contributed by atoms with Crippen molar-refractivity contribution in [2.45, 2.75) is 0 Å². The van der Waals surface area contributed by atoms with Crippen molar-refractivity contribution in [3.8, 4) is 0 Å². The summed E-state index contributed by atoms with van der Waals surface area (Å²) in [5.41, 5.74) is 7.51. The highest BCUT2D eigenvalue weighted by Gasteiger charge is 1.98. The zero-order valence-electron chi connectivity index (χ0n) is 6.17. The molecule has 0 fully saturated rings. The SMILES string of the molecule is Cl.Nc1ccc2[nH]cc(Br)c2c1. The van der Waals surface area contributed by atoms with Crippen LogP contribution >= 0.6 is 28.3 Å². The van der Waals surface area contributed by atoms with Gasteiger partial charge in [0.25, 0.3) is 0 Å². The summed E-state index contributed by atoms with van der Waals surface area (Å²) in [6.45, 7) is 0. The Bertz CT molecular complexity index is 397. The molecule has 2 aromatic rings. The number of fused-ring (bicyclic) bond motifs is 1. The summed E-state index contributed by atoms with van der Waals surface area (Å²) in [6.07, 6.45) is 1.91. The molecule has 0 aliphatic heterocycles. The smallest absolute Gasteiger partial charge is 0.0467 e. The number of H-pyrrole nitrogens is 1. The zero-order valence-corrected chi connectivity index (χ0v) is 8.58. The Morgan fingerprint density at radius 3 is 2.83 bits per heavy atom. The zero-order chi connectivity index (χ0) is 7.84. The number of nitrogen functional groups attached to an aromatic ring is 1. The van der Waals surface area contributed by atoms with Gasteiger partial charge in [0, 0.05) is 27.3 Å². The van der Waals surface area contributed by atoms with E-state index in [1.54, 1.807) is 0 Å². The van der Waals surface area contributed by atoms with Crippen molar-refractivity contribution in [3.63, 3.8) is 0 Å². The highest BCUT2D eigenvalue weighted by Crippen LogP contribution is 2.24. The fourth-order valence-corrected chi connectivity index (χ4v) is 1.55. The predicted molar refractivity (Wildman–Crippen MR) is 57.7 cm³/mol. The van der Waals surface area contributed by atoms with E-state index in [4.69, 9.17) is 5.73 Å². The largest absolute Gasteiger partial charge is 0.399 e. The highest BCUT2D eigenvalue weighted by molar-refractivity contribution is 9.10. The van der Waals surface area contributed by atoms with Gasteiger partial charge in [-0.1, -0.05) is 0 Å². The van der Waals surface area contributed by atoms with Crippen molar-refractivity contribution in [1.29, 1.82) is 0 Å². The van der Waals surface area contributed by atoms with Crippen LogP contribution in [0.4, 0.5) is 5.69 Å². The Hall–Kier alpha value is -0.670. The molecule has 0 bridgehead atoms. The van der Waals surface area contributed by atoms with Gasteiger partial charge in [-0.2, -0.15) is 0 Å². The van der Waals surface area contributed by atoms with E-state index in [9.17, 15) is 0 Å². The van der Waals surface area contributed by atoms with Gasteiger partial charge in [-0.15, -0.1) is 12.4 Å². The second-order valence-electron chi connectivity index (χ2n) is 2.44. The second-order valence-corrected chi connectivity index (χ2v) is 3.30. The van der Waals surface area contributed by atoms with Gasteiger partial charge >= 0.3 is 0 Å². The number of anilines is 1.